The predicted molar refractivity (Wildman–Crippen MR) is 76.1 cm³/mol. The minimum Gasteiger partial charge on any atom is -0.493 e. The molecule has 1 aromatic heterocycles. The van der Waals surface area contributed by atoms with Crippen molar-refractivity contribution in [1.29, 1.82) is 0 Å². The van der Waals surface area contributed by atoms with Gasteiger partial charge in [-0.15, -0.1) is 0 Å². The van der Waals surface area contributed by atoms with Crippen molar-refractivity contribution >= 4 is 0 Å². The molecule has 0 amide bonds. The van der Waals surface area contributed by atoms with Gasteiger partial charge in [0.25, 0.3) is 5.56 Å². The van der Waals surface area contributed by atoms with Crippen LogP contribution in [-0.4, -0.2) is 15.7 Å². The van der Waals surface area contributed by atoms with Crippen molar-refractivity contribution in [1.82, 2.24) is 9.13 Å². The highest BCUT2D eigenvalue weighted by molar-refractivity contribution is 5.45. The first kappa shape index (κ1) is 15.4. The molecular formula is C15H13F3N2O3. The lowest BCUT2D eigenvalue weighted by atomic mass is 10.1. The number of halogens is 3. The van der Waals surface area contributed by atoms with Crippen molar-refractivity contribution in [2.24, 2.45) is 7.05 Å². The van der Waals surface area contributed by atoms with Crippen LogP contribution in [0.2, 0.25) is 0 Å². The zero-order valence-corrected chi connectivity index (χ0v) is 12.2. The van der Waals surface area contributed by atoms with E-state index in [1.54, 1.807) is 12.1 Å². The Morgan fingerprint density at radius 2 is 1.91 bits per heavy atom. The second-order valence-corrected chi connectivity index (χ2v) is 5.29. The van der Waals surface area contributed by atoms with E-state index in [1.807, 2.05) is 0 Å². The first-order valence-electron chi connectivity index (χ1n) is 6.95. The van der Waals surface area contributed by atoms with Gasteiger partial charge < -0.3 is 4.74 Å². The molecule has 0 N–H and O–H groups in total. The van der Waals surface area contributed by atoms with E-state index in [0.717, 1.165) is 30.0 Å². The van der Waals surface area contributed by atoms with Crippen LogP contribution >= 0.6 is 0 Å². The van der Waals surface area contributed by atoms with Gasteiger partial charge in [-0.25, -0.2) is 9.36 Å². The summed E-state index contributed by atoms with van der Waals surface area (Å²) in [7, 11) is 0.989. The minimum absolute atomic E-state index is 0.230. The normalized spacial score (nSPS) is 14.3. The monoisotopic (exact) mass is 326 g/mol. The molecule has 2 aromatic rings. The lowest BCUT2D eigenvalue weighted by Crippen LogP contribution is -2.40. The fraction of sp³-hybridized carbons (Fsp3) is 0.333. The Morgan fingerprint density at radius 1 is 1.17 bits per heavy atom. The molecule has 0 bridgehead atoms. The molecule has 0 atom stereocenters. The van der Waals surface area contributed by atoms with Crippen LogP contribution in [0.4, 0.5) is 13.2 Å². The zero-order chi connectivity index (χ0) is 16.8. The number of aromatic nitrogens is 2. The van der Waals surface area contributed by atoms with Crippen molar-refractivity contribution < 1.29 is 17.9 Å². The molecule has 0 fully saturated rings. The number of fused-ring (bicyclic) bond motifs is 1. The largest absolute Gasteiger partial charge is 0.493 e. The molecule has 0 saturated carbocycles. The highest BCUT2D eigenvalue weighted by Crippen LogP contribution is 2.28. The quantitative estimate of drug-likeness (QED) is 0.804. The Balaban J connectivity index is 2.20. The fourth-order valence-corrected chi connectivity index (χ4v) is 2.62. The predicted octanol–water partition coefficient (Wildman–Crippen LogP) is 1.88. The molecule has 0 saturated heterocycles. The van der Waals surface area contributed by atoms with Crippen molar-refractivity contribution in [2.45, 2.75) is 19.0 Å². The van der Waals surface area contributed by atoms with E-state index < -0.39 is 23.1 Å². The summed E-state index contributed by atoms with van der Waals surface area (Å²) >= 11 is 0. The fourth-order valence-electron chi connectivity index (χ4n) is 2.62. The molecule has 5 nitrogen and oxygen atoms in total. The van der Waals surface area contributed by atoms with Crippen LogP contribution < -0.4 is 16.0 Å². The third-order valence-corrected chi connectivity index (χ3v) is 3.76. The van der Waals surface area contributed by atoms with Crippen LogP contribution in [0.15, 0.2) is 33.9 Å². The van der Waals surface area contributed by atoms with Crippen LogP contribution in [0.5, 0.6) is 5.75 Å². The van der Waals surface area contributed by atoms with Crippen molar-refractivity contribution in [2.75, 3.05) is 6.61 Å². The zero-order valence-electron chi connectivity index (χ0n) is 12.2. The van der Waals surface area contributed by atoms with Gasteiger partial charge in [0, 0.05) is 13.1 Å². The Kier molecular flexibility index (Phi) is 3.54. The topological polar surface area (TPSA) is 53.2 Å². The summed E-state index contributed by atoms with van der Waals surface area (Å²) in [5.74, 6) is 0.664. The van der Waals surface area contributed by atoms with Crippen molar-refractivity contribution in [3.8, 4) is 11.4 Å². The number of hydrogen-bond acceptors (Lipinski definition) is 3. The smallest absolute Gasteiger partial charge is 0.431 e. The van der Waals surface area contributed by atoms with Gasteiger partial charge in [-0.05, 0) is 36.6 Å². The summed E-state index contributed by atoms with van der Waals surface area (Å²) in [6, 6.07) is 5.13. The first-order valence-corrected chi connectivity index (χ1v) is 6.95. The number of ether oxygens (including phenoxy) is 1. The molecule has 23 heavy (non-hydrogen) atoms. The number of rotatable bonds is 1. The molecule has 122 valence electrons. The van der Waals surface area contributed by atoms with Gasteiger partial charge in [-0.1, -0.05) is 0 Å². The van der Waals surface area contributed by atoms with Crippen molar-refractivity contribution in [3.05, 3.63) is 56.4 Å². The standard InChI is InChI=1S/C15H13F3N2O3/c1-19-12(15(16,17)18)8-13(21)20(14(19)22)10-4-5-11-9(7-10)3-2-6-23-11/h4-5,7-8H,2-3,6H2,1H3. The summed E-state index contributed by atoms with van der Waals surface area (Å²) < 4.78 is 45.1. The van der Waals surface area contributed by atoms with Crippen LogP contribution in [0.1, 0.15) is 17.7 Å². The number of hydrogen-bond donors (Lipinski definition) is 0. The lowest BCUT2D eigenvalue weighted by molar-refractivity contribution is -0.144. The van der Waals surface area contributed by atoms with Gasteiger partial charge in [-0.2, -0.15) is 13.2 Å². The minimum atomic E-state index is -4.77. The Bertz CT molecular complexity index is 881. The van der Waals surface area contributed by atoms with Gasteiger partial charge in [0.05, 0.1) is 12.3 Å². The molecular weight excluding hydrogens is 313 g/mol. The average molecular weight is 326 g/mol. The lowest BCUT2D eigenvalue weighted by Gasteiger charge is -2.19. The molecule has 8 heteroatoms. The van der Waals surface area contributed by atoms with Crippen LogP contribution in [-0.2, 0) is 19.6 Å². The Labute approximate surface area is 128 Å². The number of nitrogens with zero attached hydrogens (tertiary/aromatic N) is 2. The summed E-state index contributed by atoms with van der Waals surface area (Å²) in [6.07, 6.45) is -3.24. The maximum atomic E-state index is 12.8. The molecule has 1 aliphatic rings. The molecule has 3 rings (SSSR count). The van der Waals surface area contributed by atoms with E-state index in [2.05, 4.69) is 0 Å². The van der Waals surface area contributed by atoms with E-state index in [-0.39, 0.29) is 5.69 Å². The van der Waals surface area contributed by atoms with Gasteiger partial charge in [-0.3, -0.25) is 9.36 Å². The second-order valence-electron chi connectivity index (χ2n) is 5.29. The maximum Gasteiger partial charge on any atom is 0.431 e. The molecule has 1 aromatic carbocycles. The highest BCUT2D eigenvalue weighted by atomic mass is 19.4. The van der Waals surface area contributed by atoms with E-state index >= 15 is 0 Å². The molecule has 0 spiro atoms. The van der Waals surface area contributed by atoms with Crippen molar-refractivity contribution in [3.63, 3.8) is 0 Å². The molecule has 1 aliphatic heterocycles. The van der Waals surface area contributed by atoms with Crippen LogP contribution in [0.25, 0.3) is 5.69 Å². The highest BCUT2D eigenvalue weighted by Gasteiger charge is 2.35. The van der Waals surface area contributed by atoms with Crippen LogP contribution in [0.3, 0.4) is 0 Å². The Morgan fingerprint density at radius 3 is 2.61 bits per heavy atom. The summed E-state index contributed by atoms with van der Waals surface area (Å²) in [5.41, 5.74) is -2.28. The third kappa shape index (κ3) is 2.64. The number of alkyl halides is 3. The Hall–Kier alpha value is -2.51. The van der Waals surface area contributed by atoms with Gasteiger partial charge in [0.2, 0.25) is 0 Å². The van der Waals surface area contributed by atoms with E-state index in [4.69, 9.17) is 4.74 Å². The second kappa shape index (κ2) is 5.29. The number of benzene rings is 1. The van der Waals surface area contributed by atoms with E-state index in [1.165, 1.54) is 6.07 Å². The SMILES string of the molecule is Cn1c(C(F)(F)F)cc(=O)n(-c2ccc3c(c2)CCCO3)c1=O. The summed E-state index contributed by atoms with van der Waals surface area (Å²) in [4.78, 5) is 24.3. The van der Waals surface area contributed by atoms with Gasteiger partial charge in [0.1, 0.15) is 11.4 Å². The summed E-state index contributed by atoms with van der Waals surface area (Å²) in [6.45, 7) is 0.592. The van der Waals surface area contributed by atoms with E-state index in [0.29, 0.717) is 23.0 Å². The maximum absolute atomic E-state index is 12.8. The molecule has 0 radical (unpaired) electrons. The molecule has 2 heterocycles. The van der Waals surface area contributed by atoms with Gasteiger partial charge >= 0.3 is 11.9 Å². The molecule has 0 unspecified atom stereocenters. The van der Waals surface area contributed by atoms with Gasteiger partial charge in [0.15, 0.2) is 0 Å². The van der Waals surface area contributed by atoms with E-state index in [9.17, 15) is 22.8 Å². The first-order chi connectivity index (χ1) is 10.8. The molecule has 0 aliphatic carbocycles. The third-order valence-electron chi connectivity index (χ3n) is 3.76. The summed E-state index contributed by atoms with van der Waals surface area (Å²) in [5, 5.41) is 0. The average Bonchev–Trinajstić information content (AvgIpc) is 2.50. The number of aryl methyl sites for hydroxylation is 1. The van der Waals surface area contributed by atoms with Crippen LogP contribution in [0, 0.1) is 0 Å².